The summed E-state index contributed by atoms with van der Waals surface area (Å²) in [5.74, 6) is -5.17. The topological polar surface area (TPSA) is 266 Å². The van der Waals surface area contributed by atoms with Crippen LogP contribution in [0.1, 0.15) is 25.7 Å². The minimum absolute atomic E-state index is 0.0176. The Morgan fingerprint density at radius 2 is 0.769 bits per heavy atom. The number of likely N-dealkylation sites (tertiary alicyclic amines) is 4. The molecule has 2 N–H and O–H groups in total. The molecule has 0 aromatic carbocycles. The second-order valence-corrected chi connectivity index (χ2v) is 17.2. The van der Waals surface area contributed by atoms with E-state index in [9.17, 15) is 53.4 Å². The van der Waals surface area contributed by atoms with E-state index in [2.05, 4.69) is 0 Å². The lowest BCUT2D eigenvalue weighted by Gasteiger charge is -2.38. The number of methoxy groups -OCH3 is 4. The number of carbonyl (C=O) groups is 9. The van der Waals surface area contributed by atoms with Crippen molar-refractivity contribution in [2.24, 2.45) is 23.7 Å². The summed E-state index contributed by atoms with van der Waals surface area (Å²) in [5.41, 5.74) is 0. The number of urea groups is 1. The van der Waals surface area contributed by atoms with E-state index in [0.29, 0.717) is 0 Å². The molecule has 5 heterocycles. The molecule has 5 aliphatic heterocycles. The molecule has 24 nitrogen and oxygen atoms in total. The first-order valence-electron chi connectivity index (χ1n) is 21.9. The fourth-order valence-electron chi connectivity index (χ4n) is 8.94. The van der Waals surface area contributed by atoms with Crippen molar-refractivity contribution in [1.29, 1.82) is 0 Å². The number of carbonyl (C=O) groups excluding carboxylic acids is 9. The van der Waals surface area contributed by atoms with E-state index < -0.39 is 65.8 Å². The molecule has 6 atom stereocenters. The second kappa shape index (κ2) is 23.8. The summed E-state index contributed by atoms with van der Waals surface area (Å²) in [7, 11) is 5.04. The van der Waals surface area contributed by atoms with Gasteiger partial charge in [0.1, 0.15) is 13.5 Å². The minimum Gasteiger partial charge on any atom is -0.469 e. The highest BCUT2D eigenvalue weighted by Crippen LogP contribution is 2.23. The lowest BCUT2D eigenvalue weighted by molar-refractivity contribution is -0.145. The van der Waals surface area contributed by atoms with Crippen LogP contribution < -0.4 is 0 Å². The van der Waals surface area contributed by atoms with Crippen molar-refractivity contribution >= 4 is 53.5 Å². The maximum absolute atomic E-state index is 13.7. The fraction of sp³-hybridized carbons (Fsp3) is 0.780. The van der Waals surface area contributed by atoms with Gasteiger partial charge in [0.2, 0.25) is 23.6 Å². The van der Waals surface area contributed by atoms with Gasteiger partial charge >= 0.3 is 29.9 Å². The maximum Gasteiger partial charge on any atom is 0.323 e. The molecule has 5 aliphatic rings. The van der Waals surface area contributed by atoms with E-state index in [1.807, 2.05) is 9.80 Å². The number of nitrogens with zero attached hydrogens (tertiary/aromatic N) is 8. The van der Waals surface area contributed by atoms with Gasteiger partial charge in [-0.2, -0.15) is 0 Å². The quantitative estimate of drug-likeness (QED) is 0.0692. The van der Waals surface area contributed by atoms with Crippen LogP contribution in [0.5, 0.6) is 0 Å². The lowest BCUT2D eigenvalue weighted by Crippen LogP contribution is -2.56. The predicted octanol–water partition coefficient (Wildman–Crippen LogP) is -3.93. The summed E-state index contributed by atoms with van der Waals surface area (Å²) in [6.07, 6.45) is -2.19. The number of ether oxygens (including phenoxy) is 5. The van der Waals surface area contributed by atoms with Crippen molar-refractivity contribution in [3.63, 3.8) is 0 Å². The highest BCUT2D eigenvalue weighted by Gasteiger charge is 2.39. The number of rotatable bonds is 24. The maximum atomic E-state index is 13.7. The Balaban J connectivity index is 1.17. The number of aliphatic hydroxyl groups is 2. The van der Waals surface area contributed by atoms with Crippen molar-refractivity contribution in [1.82, 2.24) is 39.2 Å². The Morgan fingerprint density at radius 3 is 1.02 bits per heavy atom. The number of amides is 6. The number of hydrogen-bond donors (Lipinski definition) is 2. The van der Waals surface area contributed by atoms with Gasteiger partial charge in [-0.25, -0.2) is 4.79 Å². The zero-order valence-corrected chi connectivity index (χ0v) is 37.7. The molecule has 0 aromatic rings. The summed E-state index contributed by atoms with van der Waals surface area (Å²) in [6, 6.07) is -0.506. The molecule has 5 fully saturated rings. The van der Waals surface area contributed by atoms with Crippen LogP contribution in [0.15, 0.2) is 0 Å². The third-order valence-electron chi connectivity index (χ3n) is 12.6. The average molecular weight is 925 g/mol. The summed E-state index contributed by atoms with van der Waals surface area (Å²) in [6.45, 7) is 2.04. The van der Waals surface area contributed by atoms with Crippen molar-refractivity contribution in [2.75, 3.05) is 147 Å². The van der Waals surface area contributed by atoms with Gasteiger partial charge in [0.15, 0.2) is 0 Å². The van der Waals surface area contributed by atoms with Gasteiger partial charge in [-0.1, -0.05) is 0 Å². The van der Waals surface area contributed by atoms with Crippen LogP contribution in [0.2, 0.25) is 0 Å². The van der Waals surface area contributed by atoms with Crippen LogP contribution in [0.25, 0.3) is 0 Å². The van der Waals surface area contributed by atoms with Crippen molar-refractivity contribution < 1.29 is 77.0 Å². The zero-order valence-electron chi connectivity index (χ0n) is 37.7. The normalized spacial score (nSPS) is 23.7. The molecule has 65 heavy (non-hydrogen) atoms. The van der Waals surface area contributed by atoms with E-state index in [-0.39, 0.29) is 167 Å². The van der Waals surface area contributed by atoms with Gasteiger partial charge in [0, 0.05) is 117 Å². The van der Waals surface area contributed by atoms with Gasteiger partial charge in [0.25, 0.3) is 0 Å². The monoisotopic (exact) mass is 924 g/mol. The molecule has 6 amide bonds. The van der Waals surface area contributed by atoms with Gasteiger partial charge in [-0.15, -0.1) is 0 Å². The SMILES string of the molecule is COC(=O)C1CC(=O)N(CCN(CCN2CC(C(=O)OC)CC2=O)CC(O)CN2COCN(CC(O)CN(CCN3CC(C(=O)OC)CC3=O)CCN3CC(C(=O)OC)CC3=O)C2=O)C1. The van der Waals surface area contributed by atoms with Crippen molar-refractivity contribution in [3.05, 3.63) is 0 Å². The van der Waals surface area contributed by atoms with Crippen molar-refractivity contribution in [2.45, 2.75) is 37.9 Å². The minimum atomic E-state index is -1.13. The van der Waals surface area contributed by atoms with Crippen LogP contribution in [-0.2, 0) is 62.0 Å². The Labute approximate surface area is 377 Å². The van der Waals surface area contributed by atoms with Crippen LogP contribution >= 0.6 is 0 Å². The highest BCUT2D eigenvalue weighted by molar-refractivity contribution is 5.88. The standard InChI is InChI=1S/C41H64N8O16/c1-61-37(56)27-13-33(52)44(17-27)9-5-42(6-10-45-18-28(14-34(45)53)38(57)62-2)21-31(50)23-48-25-65-26-49(41(48)60)24-32(51)22-43(7-11-46-19-29(15-35(46)54)39(58)63-3)8-12-47-20-30(16-36(47)55)40(59)64-4/h27-32,50-51H,5-26H2,1-4H3. The summed E-state index contributed by atoms with van der Waals surface area (Å²) in [4.78, 5) is 126. The van der Waals surface area contributed by atoms with Gasteiger partial charge < -0.3 is 53.5 Å². The Kier molecular flexibility index (Phi) is 18.6. The molecule has 0 saturated carbocycles. The first kappa shape index (κ1) is 50.8. The molecule has 0 radical (unpaired) electrons. The molecular formula is C41H64N8O16. The molecule has 0 aromatic heterocycles. The number of esters is 4. The molecule has 5 rings (SSSR count). The first-order valence-corrected chi connectivity index (χ1v) is 21.9. The Bertz CT molecular complexity index is 1540. The molecule has 0 spiro atoms. The predicted molar refractivity (Wildman–Crippen MR) is 221 cm³/mol. The summed E-state index contributed by atoms with van der Waals surface area (Å²) < 4.78 is 25.0. The molecule has 364 valence electrons. The average Bonchev–Trinajstić information content (AvgIpc) is 4.07. The highest BCUT2D eigenvalue weighted by atomic mass is 16.5. The Hall–Kier alpha value is -5.17. The van der Waals surface area contributed by atoms with E-state index in [0.717, 1.165) is 0 Å². The molecule has 24 heteroatoms. The largest absolute Gasteiger partial charge is 0.469 e. The zero-order chi connectivity index (χ0) is 47.4. The smallest absolute Gasteiger partial charge is 0.323 e. The molecule has 5 saturated heterocycles. The fourth-order valence-corrected chi connectivity index (χ4v) is 8.94. The van der Waals surface area contributed by atoms with E-state index in [4.69, 9.17) is 23.7 Å². The Morgan fingerprint density at radius 1 is 0.508 bits per heavy atom. The summed E-state index contributed by atoms with van der Waals surface area (Å²) in [5, 5.41) is 22.7. The molecule has 0 bridgehead atoms. The number of hydrogen-bond acceptors (Lipinski definition) is 18. The summed E-state index contributed by atoms with van der Waals surface area (Å²) >= 11 is 0. The van der Waals surface area contributed by atoms with Crippen LogP contribution in [-0.4, -0.2) is 262 Å². The van der Waals surface area contributed by atoms with E-state index in [1.54, 1.807) is 19.6 Å². The molecular weight excluding hydrogens is 860 g/mol. The molecule has 0 aliphatic carbocycles. The second-order valence-electron chi connectivity index (χ2n) is 17.2. The van der Waals surface area contributed by atoms with Crippen LogP contribution in [0.4, 0.5) is 4.79 Å². The number of aliphatic hydroxyl groups excluding tert-OH is 2. The van der Waals surface area contributed by atoms with Crippen LogP contribution in [0, 0.1) is 23.7 Å². The third-order valence-corrected chi connectivity index (χ3v) is 12.6. The van der Waals surface area contributed by atoms with E-state index in [1.165, 1.54) is 38.2 Å². The first-order chi connectivity index (χ1) is 31.0. The van der Waals surface area contributed by atoms with Crippen LogP contribution in [0.3, 0.4) is 0 Å². The van der Waals surface area contributed by atoms with Gasteiger partial charge in [-0.05, 0) is 0 Å². The van der Waals surface area contributed by atoms with Crippen molar-refractivity contribution in [3.8, 4) is 0 Å². The molecule has 6 unspecified atom stereocenters. The lowest BCUT2D eigenvalue weighted by atomic mass is 10.1. The van der Waals surface area contributed by atoms with Gasteiger partial charge in [0.05, 0.1) is 77.4 Å². The van der Waals surface area contributed by atoms with E-state index >= 15 is 0 Å². The third kappa shape index (κ3) is 13.9. The van der Waals surface area contributed by atoms with Gasteiger partial charge in [-0.3, -0.25) is 58.0 Å². The number of β-amino-alcohol motifs (C(OH)–C–C–N with tert-alkyl or cyclic N) is 2.